The van der Waals surface area contributed by atoms with Crippen molar-refractivity contribution in [3.63, 3.8) is 0 Å². The topological polar surface area (TPSA) is 55.8 Å². The van der Waals surface area contributed by atoms with Crippen LogP contribution < -0.4 is 9.47 Å². The molecule has 4 heteroatoms. The number of carbonyl (C=O) groups is 1. The van der Waals surface area contributed by atoms with E-state index in [1.807, 2.05) is 13.0 Å². The molecule has 0 fully saturated rings. The zero-order chi connectivity index (χ0) is 13.1. The highest BCUT2D eigenvalue weighted by Gasteiger charge is 2.23. The number of aliphatic carboxylic acids is 1. The molecule has 1 aliphatic rings. The molecule has 1 unspecified atom stereocenters. The average molecular weight is 250 g/mol. The Morgan fingerprint density at radius 3 is 3.00 bits per heavy atom. The summed E-state index contributed by atoms with van der Waals surface area (Å²) in [6.07, 6.45) is 2.67. The summed E-state index contributed by atoms with van der Waals surface area (Å²) in [4.78, 5) is 10.5. The number of carboxylic acid groups (broad SMARTS) is 1. The van der Waals surface area contributed by atoms with E-state index >= 15 is 0 Å². The van der Waals surface area contributed by atoms with Gasteiger partial charge >= 0.3 is 5.97 Å². The van der Waals surface area contributed by atoms with E-state index in [9.17, 15) is 4.79 Å². The average Bonchev–Trinajstić information content (AvgIpc) is 2.67. The number of carboxylic acids is 1. The molecule has 1 aromatic rings. The zero-order valence-corrected chi connectivity index (χ0v) is 10.7. The molecule has 4 nitrogen and oxygen atoms in total. The maximum atomic E-state index is 10.5. The molecule has 98 valence electrons. The fourth-order valence-corrected chi connectivity index (χ4v) is 2.30. The summed E-state index contributed by atoms with van der Waals surface area (Å²) < 4.78 is 11.0. The Hall–Kier alpha value is -1.71. The molecule has 0 saturated heterocycles. The van der Waals surface area contributed by atoms with Crippen LogP contribution in [0.15, 0.2) is 12.1 Å². The number of rotatable bonds is 5. The number of aryl methyl sites for hydroxylation is 1. The van der Waals surface area contributed by atoms with Crippen molar-refractivity contribution in [1.29, 1.82) is 0 Å². The summed E-state index contributed by atoms with van der Waals surface area (Å²) in [5.74, 6) is 0.842. The third-order valence-corrected chi connectivity index (χ3v) is 3.09. The molecule has 1 N–H and O–H groups in total. The second kappa shape index (κ2) is 5.29. The van der Waals surface area contributed by atoms with E-state index in [2.05, 4.69) is 6.07 Å². The Morgan fingerprint density at radius 1 is 1.56 bits per heavy atom. The summed E-state index contributed by atoms with van der Waals surface area (Å²) in [5.41, 5.74) is 2.27. The van der Waals surface area contributed by atoms with Crippen LogP contribution in [0.25, 0.3) is 0 Å². The van der Waals surface area contributed by atoms with Crippen LogP contribution in [0.1, 0.15) is 30.9 Å². The number of benzene rings is 1. The molecule has 0 bridgehead atoms. The van der Waals surface area contributed by atoms with Crippen molar-refractivity contribution >= 4 is 5.97 Å². The Balaban J connectivity index is 2.13. The number of hydrogen-bond donors (Lipinski definition) is 1. The monoisotopic (exact) mass is 250 g/mol. The van der Waals surface area contributed by atoms with E-state index in [1.54, 1.807) is 7.11 Å². The minimum atomic E-state index is -0.750. The van der Waals surface area contributed by atoms with Crippen molar-refractivity contribution in [3.8, 4) is 11.5 Å². The minimum absolute atomic E-state index is 0.183. The molecule has 0 saturated carbocycles. The predicted octanol–water partition coefficient (Wildman–Crippen LogP) is 2.43. The highest BCUT2D eigenvalue weighted by molar-refractivity contribution is 5.66. The zero-order valence-electron chi connectivity index (χ0n) is 10.7. The minimum Gasteiger partial charge on any atom is -0.493 e. The molecule has 0 radical (unpaired) electrons. The van der Waals surface area contributed by atoms with Crippen molar-refractivity contribution in [3.05, 3.63) is 23.3 Å². The van der Waals surface area contributed by atoms with E-state index in [0.29, 0.717) is 6.42 Å². The van der Waals surface area contributed by atoms with Crippen LogP contribution in [0.2, 0.25) is 0 Å². The molecule has 1 aromatic carbocycles. The standard InChI is InChI=1S/C14H18O4/c1-9-6-11-7-10(4-3-5-13(15)16)8-12(17-2)14(11)18-9/h7-9H,3-6H2,1-2H3,(H,15,16). The van der Waals surface area contributed by atoms with Gasteiger partial charge in [0.25, 0.3) is 0 Å². The SMILES string of the molecule is COc1cc(CCCC(=O)O)cc2c1OC(C)C2. The van der Waals surface area contributed by atoms with Crippen molar-refractivity contribution in [1.82, 2.24) is 0 Å². The summed E-state index contributed by atoms with van der Waals surface area (Å²) in [6.45, 7) is 2.03. The fraction of sp³-hybridized carbons (Fsp3) is 0.500. The first-order valence-electron chi connectivity index (χ1n) is 6.18. The van der Waals surface area contributed by atoms with E-state index in [-0.39, 0.29) is 12.5 Å². The summed E-state index contributed by atoms with van der Waals surface area (Å²) in [6, 6.07) is 4.04. The van der Waals surface area contributed by atoms with Gasteiger partial charge in [0, 0.05) is 18.4 Å². The van der Waals surface area contributed by atoms with Crippen molar-refractivity contribution in [2.24, 2.45) is 0 Å². The van der Waals surface area contributed by atoms with Gasteiger partial charge in [-0.05, 0) is 31.4 Å². The van der Waals surface area contributed by atoms with Gasteiger partial charge in [0.1, 0.15) is 6.10 Å². The Morgan fingerprint density at radius 2 is 2.33 bits per heavy atom. The lowest BCUT2D eigenvalue weighted by Gasteiger charge is -2.10. The third-order valence-electron chi connectivity index (χ3n) is 3.09. The molecule has 0 aliphatic carbocycles. The van der Waals surface area contributed by atoms with Crippen LogP contribution >= 0.6 is 0 Å². The van der Waals surface area contributed by atoms with E-state index in [1.165, 1.54) is 0 Å². The van der Waals surface area contributed by atoms with Gasteiger partial charge in [-0.2, -0.15) is 0 Å². The smallest absolute Gasteiger partial charge is 0.303 e. The summed E-state index contributed by atoms with van der Waals surface area (Å²) in [7, 11) is 1.63. The number of hydrogen-bond acceptors (Lipinski definition) is 3. The first-order valence-corrected chi connectivity index (χ1v) is 6.18. The summed E-state index contributed by atoms with van der Waals surface area (Å²) >= 11 is 0. The van der Waals surface area contributed by atoms with Crippen molar-refractivity contribution < 1.29 is 19.4 Å². The van der Waals surface area contributed by atoms with Crippen LogP contribution in [0.3, 0.4) is 0 Å². The highest BCUT2D eigenvalue weighted by Crippen LogP contribution is 2.39. The number of methoxy groups -OCH3 is 1. The molecule has 0 spiro atoms. The molecule has 18 heavy (non-hydrogen) atoms. The van der Waals surface area contributed by atoms with E-state index in [0.717, 1.165) is 35.5 Å². The molecule has 0 aromatic heterocycles. The lowest BCUT2D eigenvalue weighted by Crippen LogP contribution is -2.05. The fourth-order valence-electron chi connectivity index (χ4n) is 2.30. The van der Waals surface area contributed by atoms with Crippen molar-refractivity contribution in [2.45, 2.75) is 38.7 Å². The lowest BCUT2D eigenvalue weighted by atomic mass is 10.0. The normalized spacial score (nSPS) is 17.1. The molecule has 1 atom stereocenters. The Kier molecular flexibility index (Phi) is 3.75. The maximum Gasteiger partial charge on any atom is 0.303 e. The van der Waals surface area contributed by atoms with Crippen LogP contribution in [-0.4, -0.2) is 24.3 Å². The van der Waals surface area contributed by atoms with Crippen LogP contribution in [0, 0.1) is 0 Å². The van der Waals surface area contributed by atoms with Crippen molar-refractivity contribution in [2.75, 3.05) is 7.11 Å². The van der Waals surface area contributed by atoms with Gasteiger partial charge in [0.05, 0.1) is 7.11 Å². The molecular weight excluding hydrogens is 232 g/mol. The first kappa shape index (κ1) is 12.7. The van der Waals surface area contributed by atoms with Gasteiger partial charge in [0.15, 0.2) is 11.5 Å². The second-order valence-electron chi connectivity index (χ2n) is 4.67. The highest BCUT2D eigenvalue weighted by atomic mass is 16.5. The second-order valence-corrected chi connectivity index (χ2v) is 4.67. The largest absolute Gasteiger partial charge is 0.493 e. The quantitative estimate of drug-likeness (QED) is 0.872. The lowest BCUT2D eigenvalue weighted by molar-refractivity contribution is -0.137. The third kappa shape index (κ3) is 2.75. The first-order chi connectivity index (χ1) is 8.60. The van der Waals surface area contributed by atoms with Crippen LogP contribution in [-0.2, 0) is 17.6 Å². The molecular formula is C14H18O4. The molecule has 0 amide bonds. The Bertz CT molecular complexity index is 453. The van der Waals surface area contributed by atoms with Gasteiger partial charge in [-0.1, -0.05) is 6.07 Å². The maximum absolute atomic E-state index is 10.5. The number of fused-ring (bicyclic) bond motifs is 1. The molecule has 1 heterocycles. The van der Waals surface area contributed by atoms with Crippen LogP contribution in [0.5, 0.6) is 11.5 Å². The van der Waals surface area contributed by atoms with Crippen LogP contribution in [0.4, 0.5) is 0 Å². The van der Waals surface area contributed by atoms with Gasteiger partial charge < -0.3 is 14.6 Å². The van der Waals surface area contributed by atoms with Gasteiger partial charge in [-0.3, -0.25) is 4.79 Å². The summed E-state index contributed by atoms with van der Waals surface area (Å²) in [5, 5.41) is 8.64. The Labute approximate surface area is 107 Å². The van der Waals surface area contributed by atoms with Gasteiger partial charge in [-0.15, -0.1) is 0 Å². The molecule has 1 aliphatic heterocycles. The molecule has 2 rings (SSSR count). The van der Waals surface area contributed by atoms with E-state index < -0.39 is 5.97 Å². The van der Waals surface area contributed by atoms with Gasteiger partial charge in [-0.25, -0.2) is 0 Å². The van der Waals surface area contributed by atoms with E-state index in [4.69, 9.17) is 14.6 Å². The predicted molar refractivity (Wildman–Crippen MR) is 67.4 cm³/mol. The van der Waals surface area contributed by atoms with Gasteiger partial charge in [0.2, 0.25) is 0 Å². The number of ether oxygens (including phenoxy) is 2.